The lowest BCUT2D eigenvalue weighted by Crippen LogP contribution is -2.27. The van der Waals surface area contributed by atoms with Gasteiger partial charge in [-0.15, -0.1) is 23.1 Å². The molecule has 0 atom stereocenters. The number of nitrogens with one attached hydrogen (secondary N) is 1. The molecule has 9 heteroatoms. The number of amides is 1. The SMILES string of the molecule is COc1ccc(-c2nc(CC(=O)NCCSCC(=O)O)cs2)cc1OC. The number of nitrogens with zero attached hydrogens (tertiary/aromatic N) is 1. The van der Waals surface area contributed by atoms with Crippen LogP contribution in [0.1, 0.15) is 5.69 Å². The van der Waals surface area contributed by atoms with Crippen LogP contribution in [0.5, 0.6) is 11.5 Å². The Morgan fingerprint density at radius 2 is 2.04 bits per heavy atom. The lowest BCUT2D eigenvalue weighted by atomic mass is 10.2. The Balaban J connectivity index is 1.89. The number of thiazole rings is 1. The predicted octanol–water partition coefficient (Wildman–Crippen LogP) is 2.30. The maximum atomic E-state index is 11.9. The van der Waals surface area contributed by atoms with Crippen LogP contribution in [-0.4, -0.2) is 54.2 Å². The summed E-state index contributed by atoms with van der Waals surface area (Å²) in [5, 5.41) is 14.0. The molecule has 0 bridgehead atoms. The number of hydrogen-bond donors (Lipinski definition) is 2. The van der Waals surface area contributed by atoms with Crippen LogP contribution in [0.3, 0.4) is 0 Å². The third kappa shape index (κ3) is 5.92. The number of carboxylic acid groups (broad SMARTS) is 1. The second kappa shape index (κ2) is 10.0. The molecule has 0 radical (unpaired) electrons. The van der Waals surface area contributed by atoms with E-state index < -0.39 is 5.97 Å². The van der Waals surface area contributed by atoms with E-state index in [0.29, 0.717) is 29.5 Å². The van der Waals surface area contributed by atoms with Crippen LogP contribution in [0.25, 0.3) is 10.6 Å². The summed E-state index contributed by atoms with van der Waals surface area (Å²) in [4.78, 5) is 26.8. The summed E-state index contributed by atoms with van der Waals surface area (Å²) in [6, 6.07) is 5.56. The van der Waals surface area contributed by atoms with E-state index in [1.807, 2.05) is 23.6 Å². The molecule has 2 aromatic rings. The zero-order valence-corrected chi connectivity index (χ0v) is 16.1. The van der Waals surface area contributed by atoms with Crippen LogP contribution in [0, 0.1) is 0 Å². The summed E-state index contributed by atoms with van der Waals surface area (Å²) >= 11 is 2.72. The van der Waals surface area contributed by atoms with E-state index in [-0.39, 0.29) is 18.1 Å². The van der Waals surface area contributed by atoms with Gasteiger partial charge in [0.15, 0.2) is 11.5 Å². The van der Waals surface area contributed by atoms with Crippen LogP contribution in [0.4, 0.5) is 0 Å². The normalized spacial score (nSPS) is 10.4. The van der Waals surface area contributed by atoms with Crippen molar-refractivity contribution in [3.05, 3.63) is 29.3 Å². The van der Waals surface area contributed by atoms with Crippen LogP contribution >= 0.6 is 23.1 Å². The number of thioether (sulfide) groups is 1. The van der Waals surface area contributed by atoms with E-state index >= 15 is 0 Å². The van der Waals surface area contributed by atoms with Gasteiger partial charge in [-0.2, -0.15) is 0 Å². The van der Waals surface area contributed by atoms with Crippen molar-refractivity contribution in [1.29, 1.82) is 0 Å². The maximum Gasteiger partial charge on any atom is 0.313 e. The Hall–Kier alpha value is -2.26. The number of ether oxygens (including phenoxy) is 2. The minimum absolute atomic E-state index is 0.0383. The average molecular weight is 396 g/mol. The number of benzene rings is 1. The summed E-state index contributed by atoms with van der Waals surface area (Å²) in [6.07, 6.45) is 0.188. The first-order valence-corrected chi connectivity index (χ1v) is 9.80. The molecule has 26 heavy (non-hydrogen) atoms. The fourth-order valence-corrected chi connectivity index (χ4v) is 3.52. The quantitative estimate of drug-likeness (QED) is 0.595. The molecule has 2 rings (SSSR count). The molecular formula is C17H20N2O5S2. The number of carbonyl (C=O) groups excluding carboxylic acids is 1. The van der Waals surface area contributed by atoms with Crippen molar-refractivity contribution in [3.8, 4) is 22.1 Å². The molecule has 0 aliphatic heterocycles. The Kier molecular flexibility index (Phi) is 7.73. The maximum absolute atomic E-state index is 11.9. The topological polar surface area (TPSA) is 97.8 Å². The number of carboxylic acids is 1. The molecule has 0 saturated heterocycles. The van der Waals surface area contributed by atoms with Crippen LogP contribution in [-0.2, 0) is 16.0 Å². The smallest absolute Gasteiger partial charge is 0.313 e. The number of carbonyl (C=O) groups is 2. The van der Waals surface area contributed by atoms with Gasteiger partial charge in [-0.1, -0.05) is 0 Å². The van der Waals surface area contributed by atoms with Gasteiger partial charge in [0.2, 0.25) is 5.91 Å². The highest BCUT2D eigenvalue weighted by Gasteiger charge is 2.11. The van der Waals surface area contributed by atoms with Gasteiger partial charge in [-0.05, 0) is 18.2 Å². The summed E-state index contributed by atoms with van der Waals surface area (Å²) in [5.41, 5.74) is 1.58. The first-order valence-electron chi connectivity index (χ1n) is 7.76. The van der Waals surface area contributed by atoms with E-state index in [1.165, 1.54) is 23.1 Å². The van der Waals surface area contributed by atoms with E-state index in [1.54, 1.807) is 14.2 Å². The molecule has 0 aliphatic rings. The largest absolute Gasteiger partial charge is 0.493 e. The molecule has 1 amide bonds. The number of methoxy groups -OCH3 is 2. The highest BCUT2D eigenvalue weighted by atomic mass is 32.2. The first-order chi connectivity index (χ1) is 12.5. The van der Waals surface area contributed by atoms with Crippen molar-refractivity contribution in [1.82, 2.24) is 10.3 Å². The van der Waals surface area contributed by atoms with Crippen molar-refractivity contribution < 1.29 is 24.2 Å². The Labute approximate surface area is 159 Å². The van der Waals surface area contributed by atoms with Crippen molar-refractivity contribution in [2.45, 2.75) is 6.42 Å². The average Bonchev–Trinajstić information content (AvgIpc) is 3.08. The molecule has 0 saturated carbocycles. The van der Waals surface area contributed by atoms with E-state index in [4.69, 9.17) is 14.6 Å². The molecular weight excluding hydrogens is 376 g/mol. The fraction of sp³-hybridized carbons (Fsp3) is 0.353. The minimum atomic E-state index is -0.855. The van der Waals surface area contributed by atoms with E-state index in [2.05, 4.69) is 10.3 Å². The highest BCUT2D eigenvalue weighted by molar-refractivity contribution is 7.99. The summed E-state index contributed by atoms with van der Waals surface area (Å²) in [5.74, 6) is 0.880. The lowest BCUT2D eigenvalue weighted by molar-refractivity contribution is -0.133. The molecule has 0 spiro atoms. The number of aromatic nitrogens is 1. The molecule has 0 unspecified atom stereocenters. The summed E-state index contributed by atoms with van der Waals surface area (Å²) < 4.78 is 10.5. The van der Waals surface area contributed by atoms with Gasteiger partial charge in [0.1, 0.15) is 5.01 Å². The molecule has 7 nitrogen and oxygen atoms in total. The molecule has 0 fully saturated rings. The monoisotopic (exact) mass is 396 g/mol. The standard InChI is InChI=1S/C17H20N2O5S2/c1-23-13-4-3-11(7-14(13)24-2)17-19-12(9-26-17)8-15(20)18-5-6-25-10-16(21)22/h3-4,7,9H,5-6,8,10H2,1-2H3,(H,18,20)(H,21,22). The van der Waals surface area contributed by atoms with E-state index in [0.717, 1.165) is 10.6 Å². The number of hydrogen-bond acceptors (Lipinski definition) is 7. The van der Waals surface area contributed by atoms with Crippen LogP contribution in [0.2, 0.25) is 0 Å². The third-order valence-electron chi connectivity index (χ3n) is 3.32. The molecule has 140 valence electrons. The molecule has 1 heterocycles. The van der Waals surface area contributed by atoms with Gasteiger partial charge in [-0.3, -0.25) is 9.59 Å². The van der Waals surface area contributed by atoms with Crippen LogP contribution < -0.4 is 14.8 Å². The first kappa shape index (κ1) is 20.1. The fourth-order valence-electron chi connectivity index (χ4n) is 2.14. The van der Waals surface area contributed by atoms with Crippen LogP contribution in [0.15, 0.2) is 23.6 Å². The zero-order valence-electron chi connectivity index (χ0n) is 14.5. The van der Waals surface area contributed by atoms with E-state index in [9.17, 15) is 9.59 Å². The summed E-state index contributed by atoms with van der Waals surface area (Å²) in [6.45, 7) is 0.434. The summed E-state index contributed by atoms with van der Waals surface area (Å²) in [7, 11) is 3.16. The third-order valence-corrected chi connectivity index (χ3v) is 5.20. The van der Waals surface area contributed by atoms with Gasteiger partial charge < -0.3 is 19.9 Å². The van der Waals surface area contributed by atoms with Gasteiger partial charge in [0.05, 0.1) is 32.1 Å². The Bertz CT molecular complexity index is 763. The molecule has 1 aromatic carbocycles. The van der Waals surface area contributed by atoms with Gasteiger partial charge in [-0.25, -0.2) is 4.98 Å². The number of rotatable bonds is 10. The second-order valence-electron chi connectivity index (χ2n) is 5.19. The lowest BCUT2D eigenvalue weighted by Gasteiger charge is -2.08. The second-order valence-corrected chi connectivity index (χ2v) is 7.15. The Morgan fingerprint density at radius 3 is 2.73 bits per heavy atom. The number of aliphatic carboxylic acids is 1. The van der Waals surface area contributed by atoms with Crippen molar-refractivity contribution in [2.75, 3.05) is 32.3 Å². The molecule has 0 aliphatic carbocycles. The highest BCUT2D eigenvalue weighted by Crippen LogP contribution is 2.33. The minimum Gasteiger partial charge on any atom is -0.493 e. The van der Waals surface area contributed by atoms with Crippen molar-refractivity contribution in [2.24, 2.45) is 0 Å². The van der Waals surface area contributed by atoms with Gasteiger partial charge in [0, 0.05) is 23.2 Å². The van der Waals surface area contributed by atoms with Gasteiger partial charge in [0.25, 0.3) is 0 Å². The molecule has 2 N–H and O–H groups in total. The Morgan fingerprint density at radius 1 is 1.27 bits per heavy atom. The van der Waals surface area contributed by atoms with Gasteiger partial charge >= 0.3 is 5.97 Å². The van der Waals surface area contributed by atoms with Crippen molar-refractivity contribution in [3.63, 3.8) is 0 Å². The van der Waals surface area contributed by atoms with Crippen molar-refractivity contribution >= 4 is 35.0 Å². The molecule has 1 aromatic heterocycles. The predicted molar refractivity (Wildman–Crippen MR) is 102 cm³/mol. The zero-order chi connectivity index (χ0) is 18.9.